The van der Waals surface area contributed by atoms with Crippen molar-refractivity contribution in [3.63, 3.8) is 0 Å². The summed E-state index contributed by atoms with van der Waals surface area (Å²) in [5, 5.41) is 6.68. The second-order valence-electron chi connectivity index (χ2n) is 4.60. The van der Waals surface area contributed by atoms with Crippen LogP contribution in [0.15, 0.2) is 10.6 Å². The molecule has 3 heterocycles. The van der Waals surface area contributed by atoms with Gasteiger partial charge in [0.2, 0.25) is 6.41 Å². The van der Waals surface area contributed by atoms with Crippen molar-refractivity contribution in [2.24, 2.45) is 0 Å². The van der Waals surface area contributed by atoms with Crippen molar-refractivity contribution >= 4 is 25.7 Å². The number of hydrogen-bond donors (Lipinski definition) is 1. The zero-order chi connectivity index (χ0) is 12.5. The van der Waals surface area contributed by atoms with E-state index in [1.807, 2.05) is 0 Å². The molecule has 1 N–H and O–H groups in total. The topological polar surface area (TPSA) is 75.4 Å². The Morgan fingerprint density at radius 2 is 2.44 bits per heavy atom. The molecular formula is C11H14N3O3P. The van der Waals surface area contributed by atoms with Gasteiger partial charge in [0.15, 0.2) is 11.2 Å². The molecule has 0 spiro atoms. The van der Waals surface area contributed by atoms with Crippen LogP contribution in [0.5, 0.6) is 0 Å². The summed E-state index contributed by atoms with van der Waals surface area (Å²) in [5.41, 5.74) is 1.22. The highest BCUT2D eigenvalue weighted by molar-refractivity contribution is 7.72. The molecule has 1 aromatic heterocycles. The molecule has 0 radical (unpaired) electrons. The first-order valence-corrected chi connectivity index (χ1v) is 7.69. The molecule has 1 unspecified atom stereocenters. The summed E-state index contributed by atoms with van der Waals surface area (Å²) in [5.74, 6) is -0.209. The van der Waals surface area contributed by atoms with Gasteiger partial charge < -0.3 is 14.7 Å². The third-order valence-electron chi connectivity index (χ3n) is 3.19. The lowest BCUT2D eigenvalue weighted by atomic mass is 10.2. The summed E-state index contributed by atoms with van der Waals surface area (Å²) in [6.07, 6.45) is 3.98. The van der Waals surface area contributed by atoms with Crippen LogP contribution in [0.25, 0.3) is 0 Å². The van der Waals surface area contributed by atoms with Gasteiger partial charge in [-0.1, -0.05) is 5.16 Å². The summed E-state index contributed by atoms with van der Waals surface area (Å²) in [4.78, 5) is 24.2. The molecule has 3 rings (SSSR count). The van der Waals surface area contributed by atoms with Gasteiger partial charge >= 0.3 is 0 Å². The van der Waals surface area contributed by atoms with Crippen LogP contribution in [-0.2, 0) is 4.79 Å². The Kier molecular flexibility index (Phi) is 3.04. The smallest absolute Gasteiger partial charge is 0.273 e. The first-order valence-electron chi connectivity index (χ1n) is 5.98. The van der Waals surface area contributed by atoms with E-state index in [1.54, 1.807) is 11.0 Å². The Labute approximate surface area is 105 Å². The molecule has 1 aromatic rings. The Morgan fingerprint density at radius 1 is 1.61 bits per heavy atom. The average Bonchev–Trinajstić information content (AvgIpc) is 2.93. The standard InChI is InChI=1S/C11H14N3O3P/c15-7-14-2-1-8(6-14)12-11(16)9-5-10(17-13-9)18-3-4-18/h5,7-8H,1-4,6H2,(H,12,16). The van der Waals surface area contributed by atoms with Crippen molar-refractivity contribution < 1.29 is 14.1 Å². The molecule has 18 heavy (non-hydrogen) atoms. The highest BCUT2D eigenvalue weighted by Crippen LogP contribution is 2.48. The van der Waals surface area contributed by atoms with Crippen LogP contribution in [0.4, 0.5) is 0 Å². The lowest BCUT2D eigenvalue weighted by Crippen LogP contribution is -2.37. The maximum Gasteiger partial charge on any atom is 0.273 e. The van der Waals surface area contributed by atoms with Gasteiger partial charge in [-0.3, -0.25) is 9.59 Å². The Morgan fingerprint density at radius 3 is 3.11 bits per heavy atom. The van der Waals surface area contributed by atoms with E-state index in [0.29, 0.717) is 18.8 Å². The van der Waals surface area contributed by atoms with Gasteiger partial charge in [-0.2, -0.15) is 0 Å². The molecule has 0 bridgehead atoms. The van der Waals surface area contributed by atoms with E-state index in [0.717, 1.165) is 18.3 Å². The van der Waals surface area contributed by atoms with Crippen molar-refractivity contribution in [2.75, 3.05) is 25.4 Å². The molecule has 2 aliphatic heterocycles. The molecule has 1 atom stereocenters. The van der Waals surface area contributed by atoms with E-state index in [4.69, 9.17) is 4.52 Å². The fourth-order valence-corrected chi connectivity index (χ4v) is 3.35. The van der Waals surface area contributed by atoms with Crippen molar-refractivity contribution in [3.8, 4) is 0 Å². The quantitative estimate of drug-likeness (QED) is 0.603. The first-order chi connectivity index (χ1) is 8.76. The number of nitrogens with zero attached hydrogens (tertiary/aromatic N) is 2. The van der Waals surface area contributed by atoms with Gasteiger partial charge in [0.25, 0.3) is 5.91 Å². The minimum absolute atomic E-state index is 0.0227. The van der Waals surface area contributed by atoms with E-state index >= 15 is 0 Å². The van der Waals surface area contributed by atoms with Crippen LogP contribution in [0.1, 0.15) is 16.9 Å². The summed E-state index contributed by atoms with van der Waals surface area (Å²) in [6, 6.07) is 1.77. The minimum Gasteiger partial charge on any atom is -0.356 e. The zero-order valence-electron chi connectivity index (χ0n) is 9.83. The highest BCUT2D eigenvalue weighted by atomic mass is 31.1. The number of hydrogen-bond acceptors (Lipinski definition) is 4. The SMILES string of the molecule is O=CN1CCC(NC(=O)c2cc(P3CC3)on2)C1. The van der Waals surface area contributed by atoms with Crippen molar-refractivity contribution in [1.82, 2.24) is 15.4 Å². The summed E-state index contributed by atoms with van der Waals surface area (Å²) < 4.78 is 5.17. The third kappa shape index (κ3) is 2.38. The highest BCUT2D eigenvalue weighted by Gasteiger charge is 2.29. The largest absolute Gasteiger partial charge is 0.356 e. The lowest BCUT2D eigenvalue weighted by molar-refractivity contribution is -0.117. The van der Waals surface area contributed by atoms with E-state index < -0.39 is 0 Å². The van der Waals surface area contributed by atoms with E-state index in [-0.39, 0.29) is 19.9 Å². The third-order valence-corrected chi connectivity index (χ3v) is 4.92. The maximum atomic E-state index is 11.9. The molecule has 2 fully saturated rings. The monoisotopic (exact) mass is 267 g/mol. The molecule has 0 saturated carbocycles. The fourth-order valence-electron chi connectivity index (χ4n) is 2.05. The summed E-state index contributed by atoms with van der Waals surface area (Å²) in [6.45, 7) is 1.27. The summed E-state index contributed by atoms with van der Waals surface area (Å²) in [7, 11) is -0.138. The average molecular weight is 267 g/mol. The predicted molar refractivity (Wildman–Crippen MR) is 66.3 cm³/mol. The van der Waals surface area contributed by atoms with E-state index in [1.165, 1.54) is 12.3 Å². The van der Waals surface area contributed by atoms with Crippen LogP contribution < -0.4 is 10.8 Å². The number of likely N-dealkylation sites (tertiary alicyclic amines) is 1. The van der Waals surface area contributed by atoms with E-state index in [9.17, 15) is 9.59 Å². The number of amides is 2. The zero-order valence-corrected chi connectivity index (χ0v) is 10.7. The lowest BCUT2D eigenvalue weighted by Gasteiger charge is -2.11. The van der Waals surface area contributed by atoms with Crippen molar-refractivity contribution in [3.05, 3.63) is 11.8 Å². The Bertz CT molecular complexity index is 472. The van der Waals surface area contributed by atoms with Gasteiger partial charge in [-0.15, -0.1) is 0 Å². The van der Waals surface area contributed by atoms with Gasteiger partial charge in [-0.25, -0.2) is 0 Å². The van der Waals surface area contributed by atoms with Crippen LogP contribution in [-0.4, -0.2) is 53.8 Å². The maximum absolute atomic E-state index is 11.9. The predicted octanol–water partition coefficient (Wildman–Crippen LogP) is -0.244. The molecule has 7 heteroatoms. The molecule has 2 aliphatic rings. The van der Waals surface area contributed by atoms with Crippen LogP contribution in [0.2, 0.25) is 0 Å². The minimum atomic E-state index is -0.209. The van der Waals surface area contributed by atoms with Gasteiger partial charge in [0.1, 0.15) is 0 Å². The molecule has 0 aromatic carbocycles. The van der Waals surface area contributed by atoms with E-state index in [2.05, 4.69) is 10.5 Å². The number of carbonyl (C=O) groups excluding carboxylic acids is 2. The molecule has 2 amide bonds. The molecule has 96 valence electrons. The molecule has 6 nitrogen and oxygen atoms in total. The second-order valence-corrected chi connectivity index (χ2v) is 7.01. The number of nitrogens with one attached hydrogen (secondary N) is 1. The first kappa shape index (κ1) is 11.7. The molecule has 0 aliphatic carbocycles. The van der Waals surface area contributed by atoms with Crippen molar-refractivity contribution in [1.29, 1.82) is 0 Å². The number of carbonyl (C=O) groups is 2. The van der Waals surface area contributed by atoms with Gasteiger partial charge in [0.05, 0.1) is 0 Å². The van der Waals surface area contributed by atoms with Gasteiger partial charge in [-0.05, 0) is 26.7 Å². The number of aromatic nitrogens is 1. The molecular weight excluding hydrogens is 253 g/mol. The normalized spacial score (nSPS) is 23.1. The molecule has 2 saturated heterocycles. The van der Waals surface area contributed by atoms with Crippen LogP contribution in [0.3, 0.4) is 0 Å². The van der Waals surface area contributed by atoms with Crippen LogP contribution in [0, 0.1) is 0 Å². The van der Waals surface area contributed by atoms with Crippen LogP contribution >= 0.6 is 7.92 Å². The summed E-state index contributed by atoms with van der Waals surface area (Å²) >= 11 is 0. The van der Waals surface area contributed by atoms with Gasteiger partial charge in [0, 0.05) is 25.2 Å². The Hall–Kier alpha value is -1.42. The fraction of sp³-hybridized carbons (Fsp3) is 0.545. The second kappa shape index (κ2) is 4.69. The Balaban J connectivity index is 1.58. The number of rotatable bonds is 4. The van der Waals surface area contributed by atoms with Crippen molar-refractivity contribution in [2.45, 2.75) is 12.5 Å².